The Labute approximate surface area is 135 Å². The number of benzene rings is 1. The lowest BCUT2D eigenvalue weighted by Gasteiger charge is -2.03. The number of fused-ring (bicyclic) bond motifs is 1. The molecule has 0 radical (unpaired) electrons. The van der Waals surface area contributed by atoms with E-state index in [1.165, 1.54) is 7.11 Å². The molecule has 0 N–H and O–H groups in total. The van der Waals surface area contributed by atoms with Crippen LogP contribution in [0.3, 0.4) is 0 Å². The fraction of sp³-hybridized carbons (Fsp3) is 0.0588. The van der Waals surface area contributed by atoms with Crippen LogP contribution in [0.5, 0.6) is 5.75 Å². The van der Waals surface area contributed by atoms with Gasteiger partial charge >= 0.3 is 5.63 Å². The lowest BCUT2D eigenvalue weighted by Crippen LogP contribution is -2.03. The molecule has 4 aromatic rings. The van der Waals surface area contributed by atoms with Gasteiger partial charge in [0.05, 0.1) is 7.11 Å². The normalized spacial score (nSPS) is 10.9. The monoisotopic (exact) mass is 321 g/mol. The third kappa shape index (κ3) is 2.32. The number of ether oxygens (including phenoxy) is 1. The first-order valence-corrected chi connectivity index (χ1v) is 7.11. The number of rotatable bonds is 3. The van der Waals surface area contributed by atoms with Crippen LogP contribution < -0.4 is 10.4 Å². The maximum absolute atomic E-state index is 12.3. The van der Waals surface area contributed by atoms with Crippen LogP contribution in [0.15, 0.2) is 62.4 Å². The van der Waals surface area contributed by atoms with Crippen molar-refractivity contribution in [3.8, 4) is 28.7 Å². The van der Waals surface area contributed by atoms with E-state index in [2.05, 4.69) is 15.2 Å². The van der Waals surface area contributed by atoms with Gasteiger partial charge in [-0.15, -0.1) is 10.2 Å². The third-order valence-electron chi connectivity index (χ3n) is 3.53. The lowest BCUT2D eigenvalue weighted by molar-refractivity contribution is 0.406. The number of para-hydroxylation sites is 1. The van der Waals surface area contributed by atoms with Crippen molar-refractivity contribution in [3.63, 3.8) is 0 Å². The molecule has 0 bridgehead atoms. The van der Waals surface area contributed by atoms with E-state index in [-0.39, 0.29) is 11.5 Å². The van der Waals surface area contributed by atoms with E-state index in [1.54, 1.807) is 42.7 Å². The zero-order chi connectivity index (χ0) is 16.5. The van der Waals surface area contributed by atoms with Crippen molar-refractivity contribution in [2.45, 2.75) is 0 Å². The summed E-state index contributed by atoms with van der Waals surface area (Å²) in [4.78, 5) is 16.2. The number of aromatic nitrogens is 3. The zero-order valence-electron chi connectivity index (χ0n) is 12.6. The average Bonchev–Trinajstić information content (AvgIpc) is 3.11. The summed E-state index contributed by atoms with van der Waals surface area (Å²) in [5.74, 6) is 0.886. The van der Waals surface area contributed by atoms with E-state index in [4.69, 9.17) is 13.6 Å². The van der Waals surface area contributed by atoms with Crippen LogP contribution in [0.1, 0.15) is 0 Å². The standard InChI is InChI=1S/C17H11N3O4/c1-22-13-4-2-3-11-9-12(17(21)23-14(11)13)16-20-19-15(24-16)10-5-7-18-8-6-10/h2-9H,1H3. The van der Waals surface area contributed by atoms with E-state index in [9.17, 15) is 4.79 Å². The highest BCUT2D eigenvalue weighted by molar-refractivity contribution is 5.85. The van der Waals surface area contributed by atoms with Crippen LogP contribution in [-0.4, -0.2) is 22.3 Å². The van der Waals surface area contributed by atoms with Crippen LogP contribution >= 0.6 is 0 Å². The largest absolute Gasteiger partial charge is 0.493 e. The SMILES string of the molecule is COc1cccc2cc(-c3nnc(-c4ccncc4)o3)c(=O)oc12. The van der Waals surface area contributed by atoms with Gasteiger partial charge in [0, 0.05) is 23.3 Å². The van der Waals surface area contributed by atoms with Crippen LogP contribution in [0.4, 0.5) is 0 Å². The summed E-state index contributed by atoms with van der Waals surface area (Å²) in [6.45, 7) is 0. The molecule has 0 saturated heterocycles. The van der Waals surface area contributed by atoms with Gasteiger partial charge in [-0.3, -0.25) is 4.98 Å². The van der Waals surface area contributed by atoms with Crippen molar-refractivity contribution in [1.82, 2.24) is 15.2 Å². The molecule has 0 spiro atoms. The van der Waals surface area contributed by atoms with Crippen LogP contribution in [0.25, 0.3) is 33.9 Å². The Balaban J connectivity index is 1.84. The lowest BCUT2D eigenvalue weighted by atomic mass is 10.2. The molecule has 24 heavy (non-hydrogen) atoms. The Morgan fingerprint density at radius 3 is 2.58 bits per heavy atom. The van der Waals surface area contributed by atoms with Crippen molar-refractivity contribution in [1.29, 1.82) is 0 Å². The molecule has 0 unspecified atom stereocenters. The predicted octanol–water partition coefficient (Wildman–Crippen LogP) is 2.91. The van der Waals surface area contributed by atoms with Crippen LogP contribution in [-0.2, 0) is 0 Å². The summed E-state index contributed by atoms with van der Waals surface area (Å²) in [6.07, 6.45) is 3.24. The molecule has 0 aliphatic carbocycles. The third-order valence-corrected chi connectivity index (χ3v) is 3.53. The number of hydrogen-bond acceptors (Lipinski definition) is 7. The maximum Gasteiger partial charge on any atom is 0.349 e. The fourth-order valence-electron chi connectivity index (χ4n) is 2.37. The van der Waals surface area contributed by atoms with Gasteiger partial charge in [0.2, 0.25) is 5.89 Å². The quantitative estimate of drug-likeness (QED) is 0.536. The zero-order valence-corrected chi connectivity index (χ0v) is 12.6. The fourth-order valence-corrected chi connectivity index (χ4v) is 2.37. The molecular formula is C17H11N3O4. The molecule has 4 rings (SSSR count). The van der Waals surface area contributed by atoms with E-state index in [1.807, 2.05) is 6.07 Å². The highest BCUT2D eigenvalue weighted by Crippen LogP contribution is 2.28. The van der Waals surface area contributed by atoms with Crippen molar-refractivity contribution in [2.75, 3.05) is 7.11 Å². The molecule has 0 aliphatic heterocycles. The molecule has 118 valence electrons. The summed E-state index contributed by atoms with van der Waals surface area (Å²) in [6, 6.07) is 10.5. The molecule has 1 aromatic carbocycles. The molecule has 0 amide bonds. The summed E-state index contributed by atoms with van der Waals surface area (Å²) >= 11 is 0. The Kier molecular flexibility index (Phi) is 3.31. The highest BCUT2D eigenvalue weighted by atomic mass is 16.5. The first-order valence-electron chi connectivity index (χ1n) is 7.11. The molecule has 7 nitrogen and oxygen atoms in total. The first kappa shape index (κ1) is 14.1. The van der Waals surface area contributed by atoms with E-state index in [0.717, 1.165) is 5.56 Å². The Morgan fingerprint density at radius 1 is 1.00 bits per heavy atom. The van der Waals surface area contributed by atoms with Crippen LogP contribution in [0.2, 0.25) is 0 Å². The minimum absolute atomic E-state index is 0.0975. The van der Waals surface area contributed by atoms with Gasteiger partial charge in [0.1, 0.15) is 5.56 Å². The molecule has 3 aromatic heterocycles. The Morgan fingerprint density at radius 2 is 1.79 bits per heavy atom. The summed E-state index contributed by atoms with van der Waals surface area (Å²) in [5.41, 5.74) is 0.721. The van der Waals surface area contributed by atoms with Gasteiger partial charge < -0.3 is 13.6 Å². The minimum atomic E-state index is -0.572. The van der Waals surface area contributed by atoms with Gasteiger partial charge in [0.15, 0.2) is 11.3 Å². The second kappa shape index (κ2) is 5.62. The van der Waals surface area contributed by atoms with E-state index < -0.39 is 5.63 Å². The molecule has 7 heteroatoms. The smallest absolute Gasteiger partial charge is 0.349 e. The van der Waals surface area contributed by atoms with Gasteiger partial charge in [-0.1, -0.05) is 12.1 Å². The molecule has 0 aliphatic rings. The van der Waals surface area contributed by atoms with Crippen LogP contribution in [0, 0.1) is 0 Å². The topological polar surface area (TPSA) is 91.3 Å². The molecule has 0 atom stereocenters. The molecular weight excluding hydrogens is 310 g/mol. The maximum atomic E-state index is 12.3. The number of nitrogens with zero attached hydrogens (tertiary/aromatic N) is 3. The summed E-state index contributed by atoms with van der Waals surface area (Å²) < 4.78 is 16.2. The van der Waals surface area contributed by atoms with E-state index in [0.29, 0.717) is 22.6 Å². The van der Waals surface area contributed by atoms with Gasteiger partial charge in [-0.25, -0.2) is 4.79 Å². The summed E-state index contributed by atoms with van der Waals surface area (Å²) in [5, 5.41) is 8.61. The predicted molar refractivity (Wildman–Crippen MR) is 85.6 cm³/mol. The Bertz CT molecular complexity index is 1070. The minimum Gasteiger partial charge on any atom is -0.493 e. The number of pyridine rings is 1. The number of hydrogen-bond donors (Lipinski definition) is 0. The van der Waals surface area contributed by atoms with Gasteiger partial charge in [0.25, 0.3) is 5.89 Å². The highest BCUT2D eigenvalue weighted by Gasteiger charge is 2.17. The number of methoxy groups -OCH3 is 1. The Hall–Kier alpha value is -3.48. The molecule has 0 fully saturated rings. The second-order valence-electron chi connectivity index (χ2n) is 4.97. The van der Waals surface area contributed by atoms with Crippen molar-refractivity contribution in [3.05, 3.63) is 59.2 Å². The molecule has 0 saturated carbocycles. The van der Waals surface area contributed by atoms with Crippen molar-refractivity contribution in [2.24, 2.45) is 0 Å². The second-order valence-corrected chi connectivity index (χ2v) is 4.97. The summed E-state index contributed by atoms with van der Waals surface area (Å²) in [7, 11) is 1.52. The average molecular weight is 321 g/mol. The van der Waals surface area contributed by atoms with E-state index >= 15 is 0 Å². The first-order chi connectivity index (χ1) is 11.8. The van der Waals surface area contributed by atoms with Gasteiger partial charge in [-0.05, 0) is 24.3 Å². The van der Waals surface area contributed by atoms with Crippen molar-refractivity contribution < 1.29 is 13.6 Å². The molecule has 3 heterocycles. The van der Waals surface area contributed by atoms with Gasteiger partial charge in [-0.2, -0.15) is 0 Å². The van der Waals surface area contributed by atoms with Crippen molar-refractivity contribution >= 4 is 11.0 Å².